The van der Waals surface area contributed by atoms with Gasteiger partial charge in [0.1, 0.15) is 11.6 Å². The maximum absolute atomic E-state index is 12.6. The third kappa shape index (κ3) is 6.08. The predicted octanol–water partition coefficient (Wildman–Crippen LogP) is 1.91. The van der Waals surface area contributed by atoms with E-state index in [1.807, 2.05) is 13.8 Å². The minimum Gasteiger partial charge on any atom is -0.494 e. The van der Waals surface area contributed by atoms with Crippen LogP contribution >= 0.6 is 0 Å². The van der Waals surface area contributed by atoms with Gasteiger partial charge in [0, 0.05) is 19.0 Å². The number of hydrogen-bond acceptors (Lipinski definition) is 2. The second-order valence-electron chi connectivity index (χ2n) is 4.22. The van der Waals surface area contributed by atoms with Crippen molar-refractivity contribution in [1.82, 2.24) is 5.32 Å². The van der Waals surface area contributed by atoms with Crippen LogP contribution in [-0.4, -0.2) is 25.2 Å². The molecular weight excluding hydrogens is 233 g/mol. The zero-order valence-corrected chi connectivity index (χ0v) is 10.8. The molecule has 0 aliphatic rings. The highest BCUT2D eigenvalue weighted by Gasteiger charge is 1.96. The van der Waals surface area contributed by atoms with Crippen LogP contribution in [0.2, 0.25) is 0 Å². The van der Waals surface area contributed by atoms with E-state index in [1.54, 1.807) is 12.1 Å². The van der Waals surface area contributed by atoms with Crippen LogP contribution in [0.3, 0.4) is 0 Å². The summed E-state index contributed by atoms with van der Waals surface area (Å²) in [6.07, 6.45) is 0.762. The summed E-state index contributed by atoms with van der Waals surface area (Å²) in [4.78, 5) is 4.15. The Labute approximate surface area is 107 Å². The summed E-state index contributed by atoms with van der Waals surface area (Å²) in [5.74, 6) is 0.847. The number of guanidine groups is 1. The molecule has 1 aromatic rings. The lowest BCUT2D eigenvalue weighted by Crippen LogP contribution is -2.36. The molecule has 1 rings (SSSR count). The van der Waals surface area contributed by atoms with E-state index in [4.69, 9.17) is 10.5 Å². The fourth-order valence-electron chi connectivity index (χ4n) is 1.33. The Bertz CT molecular complexity index is 376. The second-order valence-corrected chi connectivity index (χ2v) is 4.22. The van der Waals surface area contributed by atoms with Crippen LogP contribution in [0.1, 0.15) is 20.3 Å². The number of benzene rings is 1. The number of nitrogens with zero attached hydrogens (tertiary/aromatic N) is 1. The standard InChI is InChI=1S/C13H20FN3O/c1-10(2)17-13(15)16-8-3-9-18-12-6-4-11(14)5-7-12/h4-7,10H,3,8-9H2,1-2H3,(H3,15,16,17). The molecule has 18 heavy (non-hydrogen) atoms. The number of aliphatic imine (C=N–C) groups is 1. The third-order valence-electron chi connectivity index (χ3n) is 2.10. The molecule has 0 unspecified atom stereocenters. The van der Waals surface area contributed by atoms with Gasteiger partial charge < -0.3 is 15.8 Å². The first-order valence-electron chi connectivity index (χ1n) is 6.03. The minimum atomic E-state index is -0.264. The molecule has 3 N–H and O–H groups in total. The van der Waals surface area contributed by atoms with Crippen molar-refractivity contribution in [1.29, 1.82) is 0 Å². The zero-order valence-electron chi connectivity index (χ0n) is 10.8. The van der Waals surface area contributed by atoms with Gasteiger partial charge in [0.05, 0.1) is 6.61 Å². The molecule has 0 aliphatic carbocycles. The molecule has 0 fully saturated rings. The molecule has 0 saturated carbocycles. The SMILES string of the molecule is CC(C)NC(N)=NCCCOc1ccc(F)cc1. The smallest absolute Gasteiger partial charge is 0.188 e. The fraction of sp³-hybridized carbons (Fsp3) is 0.462. The van der Waals surface area contributed by atoms with E-state index in [2.05, 4.69) is 10.3 Å². The molecule has 0 heterocycles. The molecule has 0 radical (unpaired) electrons. The van der Waals surface area contributed by atoms with E-state index in [0.29, 0.717) is 24.9 Å². The van der Waals surface area contributed by atoms with Crippen LogP contribution in [-0.2, 0) is 0 Å². The maximum atomic E-state index is 12.6. The molecule has 0 spiro atoms. The van der Waals surface area contributed by atoms with Crippen LogP contribution in [0.4, 0.5) is 4.39 Å². The summed E-state index contributed by atoms with van der Waals surface area (Å²) in [7, 11) is 0. The van der Waals surface area contributed by atoms with E-state index in [0.717, 1.165) is 6.42 Å². The van der Waals surface area contributed by atoms with Gasteiger partial charge in [-0.2, -0.15) is 0 Å². The van der Waals surface area contributed by atoms with Gasteiger partial charge in [-0.1, -0.05) is 0 Å². The van der Waals surface area contributed by atoms with Gasteiger partial charge in [-0.3, -0.25) is 4.99 Å². The summed E-state index contributed by atoms with van der Waals surface area (Å²) in [6, 6.07) is 6.24. The lowest BCUT2D eigenvalue weighted by molar-refractivity contribution is 0.313. The molecular formula is C13H20FN3O. The van der Waals surface area contributed by atoms with E-state index in [1.165, 1.54) is 12.1 Å². The molecule has 0 aliphatic heterocycles. The summed E-state index contributed by atoms with van der Waals surface area (Å²) >= 11 is 0. The maximum Gasteiger partial charge on any atom is 0.188 e. The Morgan fingerprint density at radius 3 is 2.67 bits per heavy atom. The van der Waals surface area contributed by atoms with Crippen molar-refractivity contribution in [2.24, 2.45) is 10.7 Å². The van der Waals surface area contributed by atoms with Crippen LogP contribution in [0, 0.1) is 5.82 Å². The number of rotatable bonds is 6. The summed E-state index contributed by atoms with van der Waals surface area (Å²) < 4.78 is 18.1. The van der Waals surface area contributed by atoms with Crippen molar-refractivity contribution in [2.75, 3.05) is 13.2 Å². The van der Waals surface area contributed by atoms with Gasteiger partial charge in [0.15, 0.2) is 5.96 Å². The van der Waals surface area contributed by atoms with Crippen molar-refractivity contribution in [3.8, 4) is 5.75 Å². The van der Waals surface area contributed by atoms with Gasteiger partial charge in [-0.05, 0) is 38.1 Å². The average molecular weight is 253 g/mol. The van der Waals surface area contributed by atoms with Crippen molar-refractivity contribution >= 4 is 5.96 Å². The van der Waals surface area contributed by atoms with Gasteiger partial charge >= 0.3 is 0 Å². The molecule has 0 amide bonds. The molecule has 1 aromatic carbocycles. The van der Waals surface area contributed by atoms with Gasteiger partial charge in [-0.15, -0.1) is 0 Å². The second kappa shape index (κ2) is 7.53. The summed E-state index contributed by atoms with van der Waals surface area (Å²) in [5, 5.41) is 3.00. The van der Waals surface area contributed by atoms with Crippen molar-refractivity contribution in [3.63, 3.8) is 0 Å². The lowest BCUT2D eigenvalue weighted by atomic mass is 10.3. The van der Waals surface area contributed by atoms with Crippen LogP contribution in [0.5, 0.6) is 5.75 Å². The first-order valence-corrected chi connectivity index (χ1v) is 6.03. The molecule has 100 valence electrons. The Kier molecular flexibility index (Phi) is 5.97. The number of nitrogens with one attached hydrogen (secondary N) is 1. The lowest BCUT2D eigenvalue weighted by Gasteiger charge is -2.08. The van der Waals surface area contributed by atoms with E-state index >= 15 is 0 Å². The van der Waals surface area contributed by atoms with Crippen molar-refractivity contribution < 1.29 is 9.13 Å². The number of halogens is 1. The van der Waals surface area contributed by atoms with Gasteiger partial charge in [0.2, 0.25) is 0 Å². The fourth-order valence-corrected chi connectivity index (χ4v) is 1.33. The van der Waals surface area contributed by atoms with Crippen molar-refractivity contribution in [3.05, 3.63) is 30.1 Å². The van der Waals surface area contributed by atoms with Gasteiger partial charge in [0.25, 0.3) is 0 Å². The largest absolute Gasteiger partial charge is 0.494 e. The van der Waals surface area contributed by atoms with E-state index < -0.39 is 0 Å². The number of ether oxygens (including phenoxy) is 1. The Morgan fingerprint density at radius 2 is 2.06 bits per heavy atom. The number of nitrogens with two attached hydrogens (primary N) is 1. The number of hydrogen-bond donors (Lipinski definition) is 2. The molecule has 0 saturated heterocycles. The molecule has 0 atom stereocenters. The summed E-state index contributed by atoms with van der Waals surface area (Å²) in [5.41, 5.74) is 5.64. The highest BCUT2D eigenvalue weighted by Crippen LogP contribution is 2.10. The quantitative estimate of drug-likeness (QED) is 0.462. The molecule has 4 nitrogen and oxygen atoms in total. The third-order valence-corrected chi connectivity index (χ3v) is 2.10. The Hall–Kier alpha value is -1.78. The highest BCUT2D eigenvalue weighted by atomic mass is 19.1. The highest BCUT2D eigenvalue weighted by molar-refractivity contribution is 5.77. The summed E-state index contributed by atoms with van der Waals surface area (Å²) in [6.45, 7) is 5.14. The Balaban J connectivity index is 2.17. The Morgan fingerprint density at radius 1 is 1.39 bits per heavy atom. The van der Waals surface area contributed by atoms with Crippen molar-refractivity contribution in [2.45, 2.75) is 26.3 Å². The predicted molar refractivity (Wildman–Crippen MR) is 71.3 cm³/mol. The topological polar surface area (TPSA) is 59.6 Å². The van der Waals surface area contributed by atoms with E-state index in [9.17, 15) is 4.39 Å². The monoisotopic (exact) mass is 253 g/mol. The van der Waals surface area contributed by atoms with Gasteiger partial charge in [-0.25, -0.2) is 4.39 Å². The van der Waals surface area contributed by atoms with E-state index in [-0.39, 0.29) is 11.9 Å². The van der Waals surface area contributed by atoms with Crippen LogP contribution < -0.4 is 15.8 Å². The minimum absolute atomic E-state index is 0.264. The molecule has 5 heteroatoms. The first kappa shape index (κ1) is 14.3. The average Bonchev–Trinajstić information content (AvgIpc) is 2.30. The molecule has 0 aromatic heterocycles. The molecule has 0 bridgehead atoms. The first-order chi connectivity index (χ1) is 8.58. The zero-order chi connectivity index (χ0) is 13.4. The normalized spacial score (nSPS) is 11.7. The van der Waals surface area contributed by atoms with Crippen LogP contribution in [0.15, 0.2) is 29.3 Å². The van der Waals surface area contributed by atoms with Crippen LogP contribution in [0.25, 0.3) is 0 Å².